The van der Waals surface area contributed by atoms with E-state index < -0.39 is 54.4 Å². The van der Waals surface area contributed by atoms with Crippen LogP contribution in [0.15, 0.2) is 0 Å². The number of carbonyl (C=O) groups excluding carboxylic acids is 5. The van der Waals surface area contributed by atoms with E-state index in [9.17, 15) is 24.0 Å². The van der Waals surface area contributed by atoms with E-state index >= 15 is 0 Å². The molecule has 0 spiro atoms. The summed E-state index contributed by atoms with van der Waals surface area (Å²) < 4.78 is 21.0. The molecule has 11 nitrogen and oxygen atoms in total. The van der Waals surface area contributed by atoms with Crippen molar-refractivity contribution in [2.45, 2.75) is 51.7 Å². The minimum Gasteiger partial charge on any atom is -0.463 e. The van der Waals surface area contributed by atoms with Crippen LogP contribution in [0.2, 0.25) is 0 Å². The molecule has 4 atom stereocenters. The zero-order valence-electron chi connectivity index (χ0n) is 14.6. The average Bonchev–Trinajstić information content (AvgIpc) is 2.82. The summed E-state index contributed by atoms with van der Waals surface area (Å²) in [5.74, 6) is -2.37. The first kappa shape index (κ1) is 19.6. The monoisotopic (exact) mass is 372 g/mol. The van der Waals surface area contributed by atoms with E-state index in [2.05, 4.69) is 5.32 Å². The molecule has 3 amide bonds. The van der Waals surface area contributed by atoms with Crippen molar-refractivity contribution in [3.05, 3.63) is 0 Å². The van der Waals surface area contributed by atoms with Crippen molar-refractivity contribution < 1.29 is 42.9 Å². The Morgan fingerprint density at radius 1 is 1.08 bits per heavy atom. The standard InChI is InChI=1S/C15H20N2O9/c1-7(18)23-6-10-12(24-8(2)19)13(25-9(3)20)14(26-10)17-5-4-11(21)16-15(17)22/h10,12-14H,4-6H2,1-3H3,(H,16,21,22)/t10-,12-,13+,14-/m1/s1. The topological polar surface area (TPSA) is 138 Å². The van der Waals surface area contributed by atoms with Gasteiger partial charge >= 0.3 is 23.9 Å². The molecule has 26 heavy (non-hydrogen) atoms. The number of nitrogens with zero attached hydrogens (tertiary/aromatic N) is 1. The second kappa shape index (κ2) is 8.13. The van der Waals surface area contributed by atoms with Crippen LogP contribution in [0.1, 0.15) is 27.2 Å². The summed E-state index contributed by atoms with van der Waals surface area (Å²) in [5, 5.41) is 2.14. The van der Waals surface area contributed by atoms with Crippen LogP contribution in [-0.4, -0.2) is 72.4 Å². The number of imide groups is 1. The van der Waals surface area contributed by atoms with E-state index in [1.165, 1.54) is 11.8 Å². The molecule has 0 aromatic carbocycles. The number of esters is 3. The highest BCUT2D eigenvalue weighted by Crippen LogP contribution is 2.30. The molecule has 144 valence electrons. The van der Waals surface area contributed by atoms with E-state index in [4.69, 9.17) is 18.9 Å². The number of hydrogen-bond donors (Lipinski definition) is 1. The zero-order valence-corrected chi connectivity index (χ0v) is 14.6. The molecule has 0 saturated carbocycles. The van der Waals surface area contributed by atoms with Gasteiger partial charge in [0.15, 0.2) is 18.4 Å². The van der Waals surface area contributed by atoms with Crippen LogP contribution < -0.4 is 5.32 Å². The fraction of sp³-hybridized carbons (Fsp3) is 0.667. The third kappa shape index (κ3) is 4.69. The molecule has 2 fully saturated rings. The number of urea groups is 1. The quantitative estimate of drug-likeness (QED) is 0.479. The Labute approximate surface area is 148 Å². The fourth-order valence-electron chi connectivity index (χ4n) is 2.76. The molecule has 2 aliphatic rings. The number of carbonyl (C=O) groups is 5. The lowest BCUT2D eigenvalue weighted by molar-refractivity contribution is -0.167. The number of nitrogens with one attached hydrogen (secondary N) is 1. The van der Waals surface area contributed by atoms with Crippen molar-refractivity contribution >= 4 is 29.8 Å². The minimum absolute atomic E-state index is 0.0280. The number of hydrogen-bond acceptors (Lipinski definition) is 9. The second-order valence-corrected chi connectivity index (χ2v) is 5.81. The molecule has 0 bridgehead atoms. The Balaban J connectivity index is 2.27. The fourth-order valence-corrected chi connectivity index (χ4v) is 2.76. The Kier molecular flexibility index (Phi) is 6.14. The normalized spacial score (nSPS) is 28.3. The molecule has 0 radical (unpaired) electrons. The highest BCUT2D eigenvalue weighted by molar-refractivity contribution is 5.96. The molecule has 11 heteroatoms. The van der Waals surface area contributed by atoms with Crippen molar-refractivity contribution in [3.8, 4) is 0 Å². The maximum atomic E-state index is 12.1. The lowest BCUT2D eigenvalue weighted by Gasteiger charge is -2.34. The molecule has 0 aromatic heterocycles. The van der Waals surface area contributed by atoms with Crippen LogP contribution in [0.25, 0.3) is 0 Å². The van der Waals surface area contributed by atoms with Gasteiger partial charge in [-0.15, -0.1) is 0 Å². The summed E-state index contributed by atoms with van der Waals surface area (Å²) in [7, 11) is 0. The Morgan fingerprint density at radius 3 is 2.23 bits per heavy atom. The van der Waals surface area contributed by atoms with Crippen LogP contribution in [0.4, 0.5) is 4.79 Å². The van der Waals surface area contributed by atoms with E-state index in [-0.39, 0.29) is 19.6 Å². The summed E-state index contributed by atoms with van der Waals surface area (Å²) in [4.78, 5) is 58.6. The van der Waals surface area contributed by atoms with Crippen molar-refractivity contribution in [1.29, 1.82) is 0 Å². The van der Waals surface area contributed by atoms with Gasteiger partial charge in [0.2, 0.25) is 5.91 Å². The van der Waals surface area contributed by atoms with Gasteiger partial charge in [0.05, 0.1) is 0 Å². The van der Waals surface area contributed by atoms with Crippen molar-refractivity contribution in [1.82, 2.24) is 10.2 Å². The molecule has 2 saturated heterocycles. The van der Waals surface area contributed by atoms with E-state index in [0.717, 1.165) is 13.8 Å². The van der Waals surface area contributed by atoms with Gasteiger partial charge in [-0.2, -0.15) is 0 Å². The first-order valence-corrected chi connectivity index (χ1v) is 7.92. The number of ether oxygens (including phenoxy) is 4. The van der Waals surface area contributed by atoms with E-state index in [1.54, 1.807) is 0 Å². The average molecular weight is 372 g/mol. The molecule has 2 heterocycles. The zero-order chi connectivity index (χ0) is 19.4. The summed E-state index contributed by atoms with van der Waals surface area (Å²) in [6.45, 7) is 3.27. The van der Waals surface area contributed by atoms with E-state index in [0.29, 0.717) is 0 Å². The second-order valence-electron chi connectivity index (χ2n) is 5.81. The molecule has 0 aromatic rings. The number of rotatable bonds is 5. The lowest BCUT2D eigenvalue weighted by Crippen LogP contribution is -2.57. The van der Waals surface area contributed by atoms with Crippen molar-refractivity contribution in [2.75, 3.05) is 13.2 Å². The number of amides is 3. The Morgan fingerprint density at radius 2 is 1.69 bits per heavy atom. The van der Waals surface area contributed by atoms with Gasteiger partial charge in [0.1, 0.15) is 12.7 Å². The predicted octanol–water partition coefficient (Wildman–Crippen LogP) is -0.920. The van der Waals surface area contributed by atoms with Crippen LogP contribution >= 0.6 is 0 Å². The van der Waals surface area contributed by atoms with Gasteiger partial charge in [-0.25, -0.2) is 4.79 Å². The molecule has 2 aliphatic heterocycles. The predicted molar refractivity (Wildman–Crippen MR) is 81.3 cm³/mol. The van der Waals surface area contributed by atoms with Crippen LogP contribution in [-0.2, 0) is 38.1 Å². The summed E-state index contributed by atoms with van der Waals surface area (Å²) in [6.07, 6.45) is -4.27. The first-order chi connectivity index (χ1) is 12.2. The third-order valence-electron chi connectivity index (χ3n) is 3.73. The maximum absolute atomic E-state index is 12.1. The molecule has 0 unspecified atom stereocenters. The summed E-state index contributed by atoms with van der Waals surface area (Å²) >= 11 is 0. The molecule has 1 N–H and O–H groups in total. The van der Waals surface area contributed by atoms with Crippen molar-refractivity contribution in [2.24, 2.45) is 0 Å². The molecule has 0 aliphatic carbocycles. The minimum atomic E-state index is -1.14. The largest absolute Gasteiger partial charge is 0.463 e. The summed E-state index contributed by atoms with van der Waals surface area (Å²) in [6, 6.07) is -0.724. The van der Waals surface area contributed by atoms with Gasteiger partial charge in [-0.3, -0.25) is 29.4 Å². The molecule has 2 rings (SSSR count). The first-order valence-electron chi connectivity index (χ1n) is 7.92. The highest BCUT2D eigenvalue weighted by Gasteiger charge is 2.53. The third-order valence-corrected chi connectivity index (χ3v) is 3.73. The van der Waals surface area contributed by atoms with Gasteiger partial charge in [0.25, 0.3) is 0 Å². The Hall–Kier alpha value is -2.69. The van der Waals surface area contributed by atoms with Crippen LogP contribution in [0.3, 0.4) is 0 Å². The lowest BCUT2D eigenvalue weighted by atomic mass is 10.1. The van der Waals surface area contributed by atoms with Crippen LogP contribution in [0.5, 0.6) is 0 Å². The van der Waals surface area contributed by atoms with Crippen LogP contribution in [0, 0.1) is 0 Å². The van der Waals surface area contributed by atoms with Gasteiger partial charge in [-0.1, -0.05) is 0 Å². The van der Waals surface area contributed by atoms with Gasteiger partial charge < -0.3 is 18.9 Å². The maximum Gasteiger partial charge on any atom is 0.326 e. The molecular weight excluding hydrogens is 352 g/mol. The smallest absolute Gasteiger partial charge is 0.326 e. The Bertz CT molecular complexity index is 620. The summed E-state index contributed by atoms with van der Waals surface area (Å²) in [5.41, 5.74) is 0. The van der Waals surface area contributed by atoms with Gasteiger partial charge in [0, 0.05) is 33.7 Å². The van der Waals surface area contributed by atoms with Gasteiger partial charge in [-0.05, 0) is 0 Å². The van der Waals surface area contributed by atoms with E-state index in [1.807, 2.05) is 0 Å². The highest BCUT2D eigenvalue weighted by atomic mass is 16.7. The molecular formula is C15H20N2O9. The van der Waals surface area contributed by atoms with Crippen molar-refractivity contribution in [3.63, 3.8) is 0 Å². The SMILES string of the molecule is CC(=O)OC[C@H]1O[C@@H](N2CCC(=O)NC2=O)[C@@H](OC(C)=O)[C@@H]1OC(C)=O.